The fourth-order valence-corrected chi connectivity index (χ4v) is 2.49. The van der Waals surface area contributed by atoms with E-state index in [1.807, 2.05) is 12.3 Å². The van der Waals surface area contributed by atoms with Gasteiger partial charge in [0, 0.05) is 35.1 Å². The van der Waals surface area contributed by atoms with Crippen molar-refractivity contribution in [3.05, 3.63) is 22.6 Å². The number of hydrogen-bond donors (Lipinski definition) is 0. The number of pyridine rings is 1. The second-order valence-electron chi connectivity index (χ2n) is 5.76. The van der Waals surface area contributed by atoms with Crippen molar-refractivity contribution in [2.75, 3.05) is 20.0 Å². The number of alkyl halides is 1. The molecule has 0 aliphatic carbocycles. The highest BCUT2D eigenvalue weighted by atomic mass is 79.9. The molecule has 2 aromatic rings. The van der Waals surface area contributed by atoms with Gasteiger partial charge in [-0.25, -0.2) is 9.97 Å². The largest absolute Gasteiger partial charge is 0.311 e. The maximum atomic E-state index is 5.91. The Balaban J connectivity index is 2.51. The van der Waals surface area contributed by atoms with Crippen LogP contribution in [0.3, 0.4) is 0 Å². The number of halogens is 2. The van der Waals surface area contributed by atoms with Gasteiger partial charge in [-0.2, -0.15) is 0 Å². The van der Waals surface area contributed by atoms with Crippen LogP contribution >= 0.6 is 27.5 Å². The number of rotatable bonds is 5. The van der Waals surface area contributed by atoms with Crippen molar-refractivity contribution in [1.82, 2.24) is 19.4 Å². The first-order valence-corrected chi connectivity index (χ1v) is 7.92. The Bertz CT molecular complexity index is 606. The predicted molar refractivity (Wildman–Crippen MR) is 87.4 cm³/mol. The van der Waals surface area contributed by atoms with Crippen molar-refractivity contribution >= 4 is 38.7 Å². The maximum Gasteiger partial charge on any atom is 0.160 e. The minimum absolute atomic E-state index is 0.0173. The second-order valence-corrected chi connectivity index (χ2v) is 7.05. The van der Waals surface area contributed by atoms with E-state index in [4.69, 9.17) is 11.6 Å². The fraction of sp³-hybridized carbons (Fsp3) is 0.571. The molecule has 2 heterocycles. The Morgan fingerprint density at radius 1 is 1.40 bits per heavy atom. The number of nitrogens with zero attached hydrogens (tertiary/aromatic N) is 4. The molecule has 0 radical (unpaired) electrons. The summed E-state index contributed by atoms with van der Waals surface area (Å²) in [5.41, 5.74) is 1.85. The molecule has 0 spiro atoms. The van der Waals surface area contributed by atoms with Crippen LogP contribution in [-0.4, -0.2) is 44.9 Å². The number of imidazole rings is 1. The molecule has 6 heteroatoms. The zero-order chi connectivity index (χ0) is 14.9. The Morgan fingerprint density at radius 3 is 2.70 bits per heavy atom. The van der Waals surface area contributed by atoms with Crippen LogP contribution in [0.25, 0.3) is 11.2 Å². The topological polar surface area (TPSA) is 34.0 Å². The Kier molecular flexibility index (Phi) is 4.72. The maximum absolute atomic E-state index is 5.91. The monoisotopic (exact) mass is 358 g/mol. The van der Waals surface area contributed by atoms with Crippen LogP contribution in [0.4, 0.5) is 0 Å². The third-order valence-corrected chi connectivity index (χ3v) is 4.33. The second kappa shape index (κ2) is 6.00. The molecule has 2 aromatic heterocycles. The van der Waals surface area contributed by atoms with Crippen LogP contribution in [0.15, 0.2) is 16.7 Å². The van der Waals surface area contributed by atoms with Crippen LogP contribution in [0, 0.1) is 0 Å². The number of aromatic nitrogens is 3. The van der Waals surface area contributed by atoms with E-state index < -0.39 is 0 Å². The molecule has 0 N–H and O–H groups in total. The minimum Gasteiger partial charge on any atom is -0.311 e. The van der Waals surface area contributed by atoms with E-state index in [1.54, 1.807) is 0 Å². The normalized spacial score (nSPS) is 12.6. The lowest BCUT2D eigenvalue weighted by Gasteiger charge is -2.33. The molecule has 0 saturated carbocycles. The smallest absolute Gasteiger partial charge is 0.160 e. The SMILES string of the molecule is CN(C)C(C)(C)Cn1c(CCCl)nc2cc(Br)cnc21. The summed E-state index contributed by atoms with van der Waals surface area (Å²) in [6, 6.07) is 2.00. The van der Waals surface area contributed by atoms with Crippen molar-refractivity contribution in [3.8, 4) is 0 Å². The van der Waals surface area contributed by atoms with Crippen LogP contribution in [-0.2, 0) is 13.0 Å². The van der Waals surface area contributed by atoms with Gasteiger partial charge in [-0.05, 0) is 49.9 Å². The zero-order valence-corrected chi connectivity index (χ0v) is 14.7. The molecule has 0 amide bonds. The van der Waals surface area contributed by atoms with Gasteiger partial charge in [-0.1, -0.05) is 0 Å². The Hall–Kier alpha value is -0.650. The molecule has 0 fully saturated rings. The highest BCUT2D eigenvalue weighted by molar-refractivity contribution is 9.10. The van der Waals surface area contributed by atoms with Crippen molar-refractivity contribution in [3.63, 3.8) is 0 Å². The lowest BCUT2D eigenvalue weighted by atomic mass is 10.0. The molecule has 20 heavy (non-hydrogen) atoms. The molecule has 4 nitrogen and oxygen atoms in total. The molecule has 0 aliphatic rings. The lowest BCUT2D eigenvalue weighted by Crippen LogP contribution is -2.42. The van der Waals surface area contributed by atoms with Crippen molar-refractivity contribution in [2.45, 2.75) is 32.4 Å². The average molecular weight is 360 g/mol. The number of hydrogen-bond acceptors (Lipinski definition) is 3. The molecule has 2 rings (SSSR count). The summed E-state index contributed by atoms with van der Waals surface area (Å²) >= 11 is 9.35. The molecular formula is C14H20BrClN4. The van der Waals surface area contributed by atoms with Crippen molar-refractivity contribution in [1.29, 1.82) is 0 Å². The molecule has 0 bridgehead atoms. The van der Waals surface area contributed by atoms with Gasteiger partial charge in [0.2, 0.25) is 0 Å². The highest BCUT2D eigenvalue weighted by Crippen LogP contribution is 2.22. The van der Waals surface area contributed by atoms with Crippen LogP contribution in [0.2, 0.25) is 0 Å². The molecule has 110 valence electrons. The molecule has 0 aromatic carbocycles. The third-order valence-electron chi connectivity index (χ3n) is 3.70. The first-order valence-electron chi connectivity index (χ1n) is 6.59. The van der Waals surface area contributed by atoms with Crippen molar-refractivity contribution in [2.24, 2.45) is 0 Å². The van der Waals surface area contributed by atoms with Gasteiger partial charge in [-0.15, -0.1) is 11.6 Å². The lowest BCUT2D eigenvalue weighted by molar-refractivity contribution is 0.169. The third kappa shape index (κ3) is 3.15. The summed E-state index contributed by atoms with van der Waals surface area (Å²) < 4.78 is 3.13. The van der Waals surface area contributed by atoms with Crippen molar-refractivity contribution < 1.29 is 0 Å². The van der Waals surface area contributed by atoms with Gasteiger partial charge in [0.05, 0.1) is 0 Å². The molecular weight excluding hydrogens is 340 g/mol. The van der Waals surface area contributed by atoms with Gasteiger partial charge in [-0.3, -0.25) is 0 Å². The van der Waals surface area contributed by atoms with E-state index in [0.29, 0.717) is 5.88 Å². The van der Waals surface area contributed by atoms with Gasteiger partial charge >= 0.3 is 0 Å². The van der Waals surface area contributed by atoms with E-state index >= 15 is 0 Å². The zero-order valence-electron chi connectivity index (χ0n) is 12.3. The molecule has 0 saturated heterocycles. The summed E-state index contributed by atoms with van der Waals surface area (Å²) in [6.07, 6.45) is 2.56. The highest BCUT2D eigenvalue weighted by Gasteiger charge is 2.24. The number of fused-ring (bicyclic) bond motifs is 1. The summed E-state index contributed by atoms with van der Waals surface area (Å²) in [7, 11) is 4.18. The van der Waals surface area contributed by atoms with Gasteiger partial charge in [0.1, 0.15) is 11.3 Å². The van der Waals surface area contributed by atoms with Crippen LogP contribution in [0.1, 0.15) is 19.7 Å². The Morgan fingerprint density at radius 2 is 2.10 bits per heavy atom. The molecule has 0 atom stereocenters. The van der Waals surface area contributed by atoms with Crippen LogP contribution < -0.4 is 0 Å². The minimum atomic E-state index is 0.0173. The first-order chi connectivity index (χ1) is 9.35. The van der Waals surface area contributed by atoms with Gasteiger partial charge in [0.25, 0.3) is 0 Å². The number of likely N-dealkylation sites (N-methyl/N-ethyl adjacent to an activating group) is 1. The molecule has 0 aliphatic heterocycles. The van der Waals surface area contributed by atoms with Crippen LogP contribution in [0.5, 0.6) is 0 Å². The first kappa shape index (κ1) is 15.7. The van der Waals surface area contributed by atoms with E-state index in [0.717, 1.165) is 34.4 Å². The fourth-order valence-electron chi connectivity index (χ4n) is 2.00. The summed E-state index contributed by atoms with van der Waals surface area (Å²) in [4.78, 5) is 11.4. The van der Waals surface area contributed by atoms with E-state index in [2.05, 4.69) is 63.3 Å². The summed E-state index contributed by atoms with van der Waals surface area (Å²) in [5.74, 6) is 1.56. The van der Waals surface area contributed by atoms with Gasteiger partial charge < -0.3 is 9.47 Å². The van der Waals surface area contributed by atoms with Gasteiger partial charge in [0.15, 0.2) is 5.65 Å². The van der Waals surface area contributed by atoms with E-state index in [9.17, 15) is 0 Å². The molecule has 0 unspecified atom stereocenters. The van der Waals surface area contributed by atoms with E-state index in [1.165, 1.54) is 0 Å². The quantitative estimate of drug-likeness (QED) is 0.768. The number of aryl methyl sites for hydroxylation is 1. The standard InChI is InChI=1S/C14H20BrClN4/c1-14(2,19(3)4)9-20-12(5-6-16)18-11-7-10(15)8-17-13(11)20/h7-8H,5-6,9H2,1-4H3. The predicted octanol–water partition coefficient (Wildman–Crippen LogP) is 3.32. The Labute approximate surface area is 133 Å². The summed E-state index contributed by atoms with van der Waals surface area (Å²) in [5, 5.41) is 0. The van der Waals surface area contributed by atoms with E-state index in [-0.39, 0.29) is 5.54 Å². The summed E-state index contributed by atoms with van der Waals surface area (Å²) in [6.45, 7) is 5.25. The average Bonchev–Trinajstić information content (AvgIpc) is 2.66.